The number of fused-ring (bicyclic) bond motifs is 2. The van der Waals surface area contributed by atoms with Crippen LogP contribution in [0.5, 0.6) is 28.7 Å². The number of hydrogen-bond acceptors (Lipinski definition) is 9. The van der Waals surface area contributed by atoms with Crippen molar-refractivity contribution >= 4 is 39.6 Å². The number of nitrogens with zero attached hydrogens (tertiary/aromatic N) is 3. The van der Waals surface area contributed by atoms with Gasteiger partial charge in [-0.25, -0.2) is 4.79 Å². The molecule has 11 heteroatoms. The fraction of sp³-hybridized carbons (Fsp3) is 0.222. The van der Waals surface area contributed by atoms with Crippen molar-refractivity contribution in [2.45, 2.75) is 13.5 Å². The molecule has 0 fully saturated rings. The van der Waals surface area contributed by atoms with Gasteiger partial charge in [0, 0.05) is 29.8 Å². The fourth-order valence-corrected chi connectivity index (χ4v) is 5.18. The monoisotopic (exact) mass is 535 g/mol. The van der Waals surface area contributed by atoms with Gasteiger partial charge in [0.05, 0.1) is 50.6 Å². The van der Waals surface area contributed by atoms with Crippen LogP contribution in [0.2, 0.25) is 0 Å². The maximum Gasteiger partial charge on any atom is 0.353 e. The number of hydrogen-bond donors (Lipinski definition) is 2. The Morgan fingerprint density at radius 3 is 2.42 bits per heavy atom. The van der Waals surface area contributed by atoms with E-state index in [0.717, 1.165) is 28.3 Å². The number of aromatic carboxylic acids is 1. The van der Waals surface area contributed by atoms with Gasteiger partial charge in [0.1, 0.15) is 28.2 Å². The summed E-state index contributed by atoms with van der Waals surface area (Å²) in [4.78, 5) is 12.9. The second-order valence-corrected chi connectivity index (χ2v) is 8.88. The van der Waals surface area contributed by atoms with Crippen LogP contribution in [0.25, 0.3) is 33.1 Å². The molecule has 0 radical (unpaired) electrons. The number of aromatic nitrogens is 3. The summed E-state index contributed by atoms with van der Waals surface area (Å²) in [6, 6.07) is 12.1. The minimum Gasteiger partial charge on any atom is -0.507 e. The zero-order chi connectivity index (χ0) is 27.0. The van der Waals surface area contributed by atoms with E-state index < -0.39 is 5.97 Å². The van der Waals surface area contributed by atoms with Gasteiger partial charge < -0.3 is 33.7 Å². The van der Waals surface area contributed by atoms with Crippen LogP contribution in [0.4, 0.5) is 0 Å². The first-order valence-corrected chi connectivity index (χ1v) is 12.4. The van der Waals surface area contributed by atoms with Crippen LogP contribution in [0.3, 0.4) is 0 Å². The van der Waals surface area contributed by atoms with Crippen molar-refractivity contribution < 1.29 is 34.0 Å². The molecule has 0 atom stereocenters. The van der Waals surface area contributed by atoms with Crippen molar-refractivity contribution in [2.24, 2.45) is 0 Å². The molecule has 0 bridgehead atoms. The number of methoxy groups -OCH3 is 3. The molecule has 2 N–H and O–H groups in total. The molecule has 5 aromatic rings. The first-order chi connectivity index (χ1) is 18.4. The van der Waals surface area contributed by atoms with E-state index in [1.54, 1.807) is 22.8 Å². The van der Waals surface area contributed by atoms with E-state index in [0.29, 0.717) is 46.1 Å². The minimum absolute atomic E-state index is 0.0361. The average Bonchev–Trinajstić information content (AvgIpc) is 3.50. The van der Waals surface area contributed by atoms with E-state index in [1.807, 2.05) is 25.1 Å². The van der Waals surface area contributed by atoms with Crippen LogP contribution in [0.1, 0.15) is 23.0 Å². The van der Waals surface area contributed by atoms with Gasteiger partial charge in [0.2, 0.25) is 5.75 Å². The Bertz CT molecular complexity index is 1680. The normalized spacial score (nSPS) is 11.2. The zero-order valence-electron chi connectivity index (χ0n) is 21.1. The molecule has 2 aromatic heterocycles. The summed E-state index contributed by atoms with van der Waals surface area (Å²) in [5.41, 5.74) is 3.39. The van der Waals surface area contributed by atoms with Gasteiger partial charge in [-0.05, 0) is 36.8 Å². The SMILES string of the molecule is CCOc1c(OC)cc2c(c1OC)c(-c1ccc(OC)cc1O)c(C(=O)O)n2Cc1ccc2nsnc2c1. The van der Waals surface area contributed by atoms with Crippen molar-refractivity contribution in [3.63, 3.8) is 0 Å². The third-order valence-electron chi connectivity index (χ3n) is 6.28. The largest absolute Gasteiger partial charge is 0.507 e. The molecule has 0 amide bonds. The van der Waals surface area contributed by atoms with E-state index in [2.05, 4.69) is 8.75 Å². The van der Waals surface area contributed by atoms with Crippen LogP contribution in [0.15, 0.2) is 42.5 Å². The standard InChI is InChI=1S/C27H25N3O7S/c1-5-37-25-21(35-3)12-19-23(26(25)36-4)22(16-8-7-15(34-2)11-20(16)31)24(27(32)33)30(19)13-14-6-9-17-18(10-14)29-38-28-17/h6-12,31H,5,13H2,1-4H3,(H,32,33). The van der Waals surface area contributed by atoms with Crippen molar-refractivity contribution in [2.75, 3.05) is 27.9 Å². The Morgan fingerprint density at radius 2 is 1.76 bits per heavy atom. The lowest BCUT2D eigenvalue weighted by Crippen LogP contribution is -2.10. The van der Waals surface area contributed by atoms with Gasteiger partial charge in [-0.15, -0.1) is 0 Å². The van der Waals surface area contributed by atoms with E-state index in [1.165, 1.54) is 27.4 Å². The van der Waals surface area contributed by atoms with Gasteiger partial charge in [-0.3, -0.25) is 0 Å². The van der Waals surface area contributed by atoms with Gasteiger partial charge in [0.15, 0.2) is 11.5 Å². The molecule has 0 aliphatic carbocycles. The predicted octanol–water partition coefficient (Wildman–Crippen LogP) is 5.19. The Morgan fingerprint density at radius 1 is 0.974 bits per heavy atom. The summed E-state index contributed by atoms with van der Waals surface area (Å²) in [5, 5.41) is 22.0. The van der Waals surface area contributed by atoms with Crippen molar-refractivity contribution in [1.82, 2.24) is 13.3 Å². The van der Waals surface area contributed by atoms with Gasteiger partial charge >= 0.3 is 5.97 Å². The summed E-state index contributed by atoms with van der Waals surface area (Å²) >= 11 is 1.11. The average molecular weight is 536 g/mol. The Labute approximate surface area is 221 Å². The lowest BCUT2D eigenvalue weighted by molar-refractivity contribution is 0.0687. The van der Waals surface area contributed by atoms with E-state index in [9.17, 15) is 15.0 Å². The predicted molar refractivity (Wildman–Crippen MR) is 143 cm³/mol. The lowest BCUT2D eigenvalue weighted by atomic mass is 9.99. The molecule has 10 nitrogen and oxygen atoms in total. The number of phenols is 1. The molecule has 0 saturated carbocycles. The summed E-state index contributed by atoms with van der Waals surface area (Å²) in [6.45, 7) is 2.36. The highest BCUT2D eigenvalue weighted by molar-refractivity contribution is 7.00. The van der Waals surface area contributed by atoms with Crippen LogP contribution in [0, 0.1) is 0 Å². The Kier molecular flexibility index (Phi) is 6.68. The zero-order valence-corrected chi connectivity index (χ0v) is 22.0. The first-order valence-electron chi connectivity index (χ1n) is 11.7. The number of benzene rings is 3. The number of carbonyl (C=O) groups is 1. The fourth-order valence-electron chi connectivity index (χ4n) is 4.67. The summed E-state index contributed by atoms with van der Waals surface area (Å²) in [5.74, 6) is 0.130. The second-order valence-electron chi connectivity index (χ2n) is 8.35. The van der Waals surface area contributed by atoms with Crippen molar-refractivity contribution in [3.05, 3.63) is 53.7 Å². The van der Waals surface area contributed by atoms with E-state index in [4.69, 9.17) is 18.9 Å². The number of phenolic OH excluding ortho intramolecular Hbond substituents is 1. The molecular formula is C27H25N3O7S. The molecule has 0 unspecified atom stereocenters. The van der Waals surface area contributed by atoms with Crippen LogP contribution in [-0.2, 0) is 6.54 Å². The van der Waals surface area contributed by atoms with Crippen LogP contribution < -0.4 is 18.9 Å². The molecule has 3 aromatic carbocycles. The van der Waals surface area contributed by atoms with Crippen molar-refractivity contribution in [3.8, 4) is 39.9 Å². The topological polar surface area (TPSA) is 125 Å². The van der Waals surface area contributed by atoms with Crippen LogP contribution in [-0.4, -0.2) is 57.4 Å². The third kappa shape index (κ3) is 4.10. The molecule has 38 heavy (non-hydrogen) atoms. The number of aromatic hydroxyl groups is 1. The molecule has 2 heterocycles. The van der Waals surface area contributed by atoms with E-state index in [-0.39, 0.29) is 23.6 Å². The number of rotatable bonds is 9. The first kappa shape index (κ1) is 25.2. The molecule has 0 aliphatic heterocycles. The summed E-state index contributed by atoms with van der Waals surface area (Å²) < 4.78 is 32.8. The number of carboxylic acid groups (broad SMARTS) is 1. The highest BCUT2D eigenvalue weighted by atomic mass is 32.1. The summed E-state index contributed by atoms with van der Waals surface area (Å²) in [6.07, 6.45) is 0. The molecule has 5 rings (SSSR count). The molecule has 196 valence electrons. The maximum absolute atomic E-state index is 12.9. The number of ether oxygens (including phenoxy) is 4. The van der Waals surface area contributed by atoms with Crippen molar-refractivity contribution in [1.29, 1.82) is 0 Å². The van der Waals surface area contributed by atoms with E-state index >= 15 is 0 Å². The van der Waals surface area contributed by atoms with Gasteiger partial charge in [0.25, 0.3) is 0 Å². The number of carboxylic acids is 1. The van der Waals surface area contributed by atoms with Crippen LogP contribution >= 0.6 is 11.7 Å². The lowest BCUT2D eigenvalue weighted by Gasteiger charge is -2.16. The Hall–Kier alpha value is -4.51. The quantitative estimate of drug-likeness (QED) is 0.262. The molecule has 0 spiro atoms. The van der Waals surface area contributed by atoms with Gasteiger partial charge in [-0.2, -0.15) is 8.75 Å². The highest BCUT2D eigenvalue weighted by Gasteiger charge is 2.31. The molecule has 0 aliphatic rings. The smallest absolute Gasteiger partial charge is 0.353 e. The summed E-state index contributed by atoms with van der Waals surface area (Å²) in [7, 11) is 4.48. The minimum atomic E-state index is -1.18. The van der Waals surface area contributed by atoms with Gasteiger partial charge in [-0.1, -0.05) is 6.07 Å². The molecular weight excluding hydrogens is 510 g/mol. The second kappa shape index (κ2) is 10.1. The highest BCUT2D eigenvalue weighted by Crippen LogP contribution is 2.51. The molecule has 0 saturated heterocycles. The third-order valence-corrected chi connectivity index (χ3v) is 6.83. The maximum atomic E-state index is 12.9. The Balaban J connectivity index is 1.89.